The minimum absolute atomic E-state index is 0.0219. The van der Waals surface area contributed by atoms with E-state index in [1.54, 1.807) is 6.92 Å². The molecule has 162 valence electrons. The molecule has 0 bridgehead atoms. The smallest absolute Gasteiger partial charge is 0.347 e. The molecule has 2 atom stereocenters. The van der Waals surface area contributed by atoms with Crippen molar-refractivity contribution in [1.82, 2.24) is 9.62 Å². The molecule has 0 unspecified atom stereocenters. The molecular weight excluding hydrogens is 417 g/mol. The molecule has 0 radical (unpaired) electrons. The van der Waals surface area contributed by atoms with Gasteiger partial charge in [0, 0.05) is 24.6 Å². The number of amides is 1. The zero-order valence-corrected chi connectivity index (χ0v) is 17.2. The van der Waals surface area contributed by atoms with Gasteiger partial charge >= 0.3 is 6.18 Å². The second-order valence-corrected chi connectivity index (χ2v) is 9.39. The Morgan fingerprint density at radius 1 is 1.07 bits per heavy atom. The molecule has 2 aromatic carbocycles. The third-order valence-electron chi connectivity index (χ3n) is 5.16. The first-order chi connectivity index (χ1) is 14.1. The first-order valence-electron chi connectivity index (χ1n) is 9.62. The molecule has 1 amide bonds. The van der Waals surface area contributed by atoms with Crippen LogP contribution in [0.5, 0.6) is 0 Å². The summed E-state index contributed by atoms with van der Waals surface area (Å²) < 4.78 is 64.7. The summed E-state index contributed by atoms with van der Waals surface area (Å²) in [6.45, 7) is 2.14. The fraction of sp³-hybridized carbons (Fsp3) is 0.381. The number of benzene rings is 2. The third kappa shape index (κ3) is 5.02. The summed E-state index contributed by atoms with van der Waals surface area (Å²) in [5, 5.41) is 2.82. The summed E-state index contributed by atoms with van der Waals surface area (Å²) in [6, 6.07) is 12.7. The summed E-state index contributed by atoms with van der Waals surface area (Å²) in [5.41, 5.74) is 0.146. The molecule has 1 aliphatic heterocycles. The molecule has 0 saturated carbocycles. The topological polar surface area (TPSA) is 66.5 Å². The summed E-state index contributed by atoms with van der Waals surface area (Å²) in [5.74, 6) is -0.769. The molecule has 1 fully saturated rings. The predicted octanol–water partition coefficient (Wildman–Crippen LogP) is 3.64. The number of alkyl halides is 3. The lowest BCUT2D eigenvalue weighted by Gasteiger charge is -2.20. The Labute approximate surface area is 173 Å². The lowest BCUT2D eigenvalue weighted by molar-refractivity contribution is -0.137. The maximum atomic E-state index is 12.7. The van der Waals surface area contributed by atoms with Crippen molar-refractivity contribution >= 4 is 15.9 Å². The molecular formula is C21H23F3N2O3S. The van der Waals surface area contributed by atoms with E-state index in [2.05, 4.69) is 5.32 Å². The second kappa shape index (κ2) is 8.77. The van der Waals surface area contributed by atoms with Crippen LogP contribution in [0, 0.1) is 0 Å². The van der Waals surface area contributed by atoms with E-state index in [-0.39, 0.29) is 30.3 Å². The predicted molar refractivity (Wildman–Crippen MR) is 108 cm³/mol. The highest BCUT2D eigenvalue weighted by atomic mass is 32.2. The van der Waals surface area contributed by atoms with Crippen molar-refractivity contribution in [3.05, 3.63) is 71.3 Å². The number of halogens is 3. The maximum Gasteiger partial charge on any atom is 0.416 e. The number of nitrogens with zero attached hydrogens (tertiary/aromatic N) is 1. The van der Waals surface area contributed by atoms with Crippen LogP contribution in [0.3, 0.4) is 0 Å². The number of rotatable bonds is 6. The van der Waals surface area contributed by atoms with Crippen molar-refractivity contribution in [2.75, 3.05) is 18.8 Å². The lowest BCUT2D eigenvalue weighted by atomic mass is 9.94. The van der Waals surface area contributed by atoms with Gasteiger partial charge in [-0.3, -0.25) is 4.79 Å². The number of nitrogens with one attached hydrogen (secondary N) is 1. The van der Waals surface area contributed by atoms with Crippen LogP contribution in [0.4, 0.5) is 13.2 Å². The van der Waals surface area contributed by atoms with Gasteiger partial charge in [0.2, 0.25) is 10.0 Å². The first kappa shape index (κ1) is 22.3. The summed E-state index contributed by atoms with van der Waals surface area (Å²) >= 11 is 0. The molecule has 0 aliphatic carbocycles. The average Bonchev–Trinajstić information content (AvgIpc) is 3.13. The highest BCUT2D eigenvalue weighted by Crippen LogP contribution is 2.31. The van der Waals surface area contributed by atoms with Gasteiger partial charge in [-0.1, -0.05) is 37.3 Å². The molecule has 30 heavy (non-hydrogen) atoms. The van der Waals surface area contributed by atoms with Crippen molar-refractivity contribution in [3.8, 4) is 0 Å². The van der Waals surface area contributed by atoms with Crippen molar-refractivity contribution in [2.45, 2.75) is 31.5 Å². The molecule has 5 nitrogen and oxygen atoms in total. The van der Waals surface area contributed by atoms with E-state index in [4.69, 9.17) is 0 Å². The van der Waals surface area contributed by atoms with Crippen LogP contribution in [0.1, 0.15) is 40.7 Å². The Morgan fingerprint density at radius 3 is 2.27 bits per heavy atom. The van der Waals surface area contributed by atoms with Gasteiger partial charge in [0.15, 0.2) is 0 Å². The molecule has 1 N–H and O–H groups in total. The summed E-state index contributed by atoms with van der Waals surface area (Å²) in [4.78, 5) is 12.7. The molecule has 1 aliphatic rings. The Hall–Kier alpha value is -2.39. The number of sulfonamides is 1. The van der Waals surface area contributed by atoms with Crippen LogP contribution in [-0.4, -0.2) is 43.5 Å². The van der Waals surface area contributed by atoms with Crippen LogP contribution in [0.25, 0.3) is 0 Å². The monoisotopic (exact) mass is 440 g/mol. The number of hydrogen-bond acceptors (Lipinski definition) is 3. The lowest BCUT2D eigenvalue weighted by Crippen LogP contribution is -2.40. The molecule has 0 aromatic heterocycles. The third-order valence-corrected chi connectivity index (χ3v) is 7.17. The number of hydrogen-bond donors (Lipinski definition) is 1. The summed E-state index contributed by atoms with van der Waals surface area (Å²) in [6.07, 6.45) is -4.00. The second-order valence-electron chi connectivity index (χ2n) is 7.31. The van der Waals surface area contributed by atoms with Gasteiger partial charge in [-0.2, -0.15) is 17.5 Å². The normalized spacial score (nSPS) is 20.3. The van der Waals surface area contributed by atoms with Crippen molar-refractivity contribution in [1.29, 1.82) is 0 Å². The van der Waals surface area contributed by atoms with E-state index in [0.717, 1.165) is 29.8 Å². The van der Waals surface area contributed by atoms with Crippen LogP contribution in [-0.2, 0) is 16.2 Å². The van der Waals surface area contributed by atoms with Crippen LogP contribution < -0.4 is 5.32 Å². The van der Waals surface area contributed by atoms with Crippen LogP contribution >= 0.6 is 0 Å². The Balaban J connectivity index is 1.81. The molecule has 1 saturated heterocycles. The van der Waals surface area contributed by atoms with Crippen molar-refractivity contribution in [3.63, 3.8) is 0 Å². The van der Waals surface area contributed by atoms with E-state index in [9.17, 15) is 26.4 Å². The minimum Gasteiger partial charge on any atom is -0.347 e. The maximum absolute atomic E-state index is 12.7. The molecule has 3 rings (SSSR count). The van der Waals surface area contributed by atoms with E-state index >= 15 is 0 Å². The fourth-order valence-corrected chi connectivity index (χ4v) is 5.18. The summed E-state index contributed by atoms with van der Waals surface area (Å²) in [7, 11) is -3.45. The van der Waals surface area contributed by atoms with Gasteiger partial charge < -0.3 is 5.32 Å². The SMILES string of the molecule is CCCS(=O)(=O)N1C[C@H](NC(=O)c2ccc(C(F)(F)F)cc2)[C@@H](c2ccccc2)C1. The van der Waals surface area contributed by atoms with E-state index < -0.39 is 33.7 Å². The van der Waals surface area contributed by atoms with Gasteiger partial charge in [0.1, 0.15) is 0 Å². The van der Waals surface area contributed by atoms with Crippen LogP contribution in [0.15, 0.2) is 54.6 Å². The highest BCUT2D eigenvalue weighted by molar-refractivity contribution is 7.89. The van der Waals surface area contributed by atoms with Gasteiger partial charge in [-0.15, -0.1) is 0 Å². The number of carbonyl (C=O) groups is 1. The minimum atomic E-state index is -4.48. The Morgan fingerprint density at radius 2 is 1.70 bits per heavy atom. The van der Waals surface area contributed by atoms with Gasteiger partial charge in [-0.05, 0) is 36.2 Å². The Bertz CT molecular complexity index is 977. The van der Waals surface area contributed by atoms with Crippen molar-refractivity contribution < 1.29 is 26.4 Å². The average molecular weight is 440 g/mol. The van der Waals surface area contributed by atoms with Crippen LogP contribution in [0.2, 0.25) is 0 Å². The highest BCUT2D eigenvalue weighted by Gasteiger charge is 2.40. The quantitative estimate of drug-likeness (QED) is 0.746. The Kier molecular flexibility index (Phi) is 6.52. The number of carbonyl (C=O) groups excluding carboxylic acids is 1. The standard InChI is InChI=1S/C21H23F3N2O3S/c1-2-12-30(28,29)26-13-18(15-6-4-3-5-7-15)19(14-26)25-20(27)16-8-10-17(11-9-16)21(22,23)24/h3-11,18-19H,2,12-14H2,1H3,(H,25,27)/t18-,19+/m1/s1. The molecule has 0 spiro atoms. The van der Waals surface area contributed by atoms with E-state index in [1.807, 2.05) is 30.3 Å². The van der Waals surface area contributed by atoms with Gasteiger partial charge in [0.25, 0.3) is 5.91 Å². The molecule has 1 heterocycles. The zero-order valence-electron chi connectivity index (χ0n) is 16.4. The molecule has 2 aromatic rings. The van der Waals surface area contributed by atoms with Gasteiger partial charge in [0.05, 0.1) is 17.4 Å². The first-order valence-corrected chi connectivity index (χ1v) is 11.2. The fourth-order valence-electron chi connectivity index (χ4n) is 3.63. The molecule has 9 heteroatoms. The van der Waals surface area contributed by atoms with E-state index in [1.165, 1.54) is 4.31 Å². The van der Waals surface area contributed by atoms with Crippen molar-refractivity contribution in [2.24, 2.45) is 0 Å². The van der Waals surface area contributed by atoms with E-state index in [0.29, 0.717) is 6.42 Å². The van der Waals surface area contributed by atoms with Gasteiger partial charge in [-0.25, -0.2) is 8.42 Å². The largest absolute Gasteiger partial charge is 0.416 e. The zero-order chi connectivity index (χ0) is 21.9.